The molecule has 1 N–H and O–H groups in total. The van der Waals surface area contributed by atoms with Crippen LogP contribution in [0.2, 0.25) is 0 Å². The number of carbonyl (C=O) groups excluding carboxylic acids is 2. The van der Waals surface area contributed by atoms with Gasteiger partial charge in [0.2, 0.25) is 5.91 Å². The van der Waals surface area contributed by atoms with Gasteiger partial charge in [0.1, 0.15) is 12.4 Å². The van der Waals surface area contributed by atoms with Crippen LogP contribution in [0, 0.1) is 0 Å². The Morgan fingerprint density at radius 3 is 2.26 bits per heavy atom. The van der Waals surface area contributed by atoms with Crippen molar-refractivity contribution in [2.75, 3.05) is 11.4 Å². The van der Waals surface area contributed by atoms with E-state index >= 15 is 0 Å². The molecule has 174 valence electrons. The molecule has 0 fully saturated rings. The second-order valence-electron chi connectivity index (χ2n) is 8.52. The van der Waals surface area contributed by atoms with Gasteiger partial charge in [-0.05, 0) is 56.7 Å². The number of anilines is 1. The third kappa shape index (κ3) is 5.34. The second-order valence-corrected chi connectivity index (χ2v) is 8.52. The number of hydrogen-bond acceptors (Lipinski definition) is 3. The Morgan fingerprint density at radius 2 is 1.56 bits per heavy atom. The Bertz CT molecular complexity index is 1250. The van der Waals surface area contributed by atoms with Crippen molar-refractivity contribution in [1.82, 2.24) is 14.9 Å². The number of aryl methyl sites for hydroxylation is 1. The molecule has 4 rings (SSSR count). The molecule has 0 atom stereocenters. The first-order chi connectivity index (χ1) is 16.5. The summed E-state index contributed by atoms with van der Waals surface area (Å²) in [5, 5.41) is 2.97. The fourth-order valence-electron chi connectivity index (χ4n) is 4.16. The van der Waals surface area contributed by atoms with Crippen molar-refractivity contribution in [2.24, 2.45) is 0 Å². The number of nitrogens with one attached hydrogen (secondary N) is 1. The molecular weight excluding hydrogens is 424 g/mol. The maximum Gasteiger partial charge on any atom is 0.251 e. The highest BCUT2D eigenvalue weighted by Crippen LogP contribution is 2.21. The SMILES string of the molecule is CC(C)N(C(=O)Cn1c(CCCNC(=O)c2ccccc2)nc2ccccc21)c1ccccc1. The van der Waals surface area contributed by atoms with E-state index < -0.39 is 0 Å². The first kappa shape index (κ1) is 23.2. The number of imidazole rings is 1. The van der Waals surface area contributed by atoms with E-state index in [2.05, 4.69) is 5.32 Å². The van der Waals surface area contributed by atoms with Gasteiger partial charge in [0.05, 0.1) is 11.0 Å². The first-order valence-corrected chi connectivity index (χ1v) is 11.7. The molecular formula is C28H30N4O2. The lowest BCUT2D eigenvalue weighted by Gasteiger charge is -2.27. The zero-order valence-electron chi connectivity index (χ0n) is 19.6. The molecule has 6 nitrogen and oxygen atoms in total. The van der Waals surface area contributed by atoms with Crippen molar-refractivity contribution in [3.05, 3.63) is 96.3 Å². The van der Waals surface area contributed by atoms with Crippen LogP contribution < -0.4 is 10.2 Å². The summed E-state index contributed by atoms with van der Waals surface area (Å²) in [6, 6.07) is 26.9. The molecule has 2 amide bonds. The fourth-order valence-corrected chi connectivity index (χ4v) is 4.16. The molecule has 0 spiro atoms. The Hall–Kier alpha value is -3.93. The molecule has 6 heteroatoms. The molecule has 4 aromatic rings. The fraction of sp³-hybridized carbons (Fsp3) is 0.250. The molecule has 3 aromatic carbocycles. The standard InChI is InChI=1S/C28H30N4O2/c1-21(2)32(23-14-7-4-8-15-23)27(33)20-31-25-17-10-9-16-24(25)30-26(31)18-11-19-29-28(34)22-12-5-3-6-13-22/h3-10,12-17,21H,11,18-20H2,1-2H3,(H,29,34). The summed E-state index contributed by atoms with van der Waals surface area (Å²) < 4.78 is 2.01. The molecule has 0 bridgehead atoms. The molecule has 0 aliphatic heterocycles. The Labute approximate surface area is 200 Å². The van der Waals surface area contributed by atoms with E-state index in [-0.39, 0.29) is 24.4 Å². The summed E-state index contributed by atoms with van der Waals surface area (Å²) in [6.07, 6.45) is 1.38. The molecule has 0 saturated heterocycles. The van der Waals surface area contributed by atoms with Crippen molar-refractivity contribution >= 4 is 28.5 Å². The van der Waals surface area contributed by atoms with Gasteiger partial charge in [-0.25, -0.2) is 4.98 Å². The van der Waals surface area contributed by atoms with Gasteiger partial charge >= 0.3 is 0 Å². The zero-order valence-corrected chi connectivity index (χ0v) is 19.6. The maximum absolute atomic E-state index is 13.4. The first-order valence-electron chi connectivity index (χ1n) is 11.7. The van der Waals surface area contributed by atoms with Gasteiger partial charge < -0.3 is 14.8 Å². The van der Waals surface area contributed by atoms with E-state index in [0.717, 1.165) is 29.0 Å². The largest absolute Gasteiger partial charge is 0.352 e. The van der Waals surface area contributed by atoms with Crippen LogP contribution in [0.25, 0.3) is 11.0 Å². The predicted octanol–water partition coefficient (Wildman–Crippen LogP) is 4.84. The lowest BCUT2D eigenvalue weighted by Crippen LogP contribution is -2.39. The van der Waals surface area contributed by atoms with E-state index in [1.807, 2.05) is 96.1 Å². The van der Waals surface area contributed by atoms with Gasteiger partial charge in [-0.2, -0.15) is 0 Å². The maximum atomic E-state index is 13.4. The second kappa shape index (κ2) is 10.8. The highest BCUT2D eigenvalue weighted by Gasteiger charge is 2.21. The minimum absolute atomic E-state index is 0.0167. The molecule has 0 unspecified atom stereocenters. The van der Waals surface area contributed by atoms with Crippen molar-refractivity contribution < 1.29 is 9.59 Å². The Balaban J connectivity index is 1.49. The monoisotopic (exact) mass is 454 g/mol. The molecule has 1 heterocycles. The van der Waals surface area contributed by atoms with Crippen LogP contribution in [0.3, 0.4) is 0 Å². The highest BCUT2D eigenvalue weighted by molar-refractivity contribution is 5.95. The van der Waals surface area contributed by atoms with Gasteiger partial charge in [-0.1, -0.05) is 48.5 Å². The third-order valence-corrected chi connectivity index (χ3v) is 5.75. The minimum Gasteiger partial charge on any atom is -0.352 e. The average molecular weight is 455 g/mol. The molecule has 0 radical (unpaired) electrons. The quantitative estimate of drug-likeness (QED) is 0.368. The van der Waals surface area contributed by atoms with E-state index in [1.165, 1.54) is 0 Å². The Kier molecular flexibility index (Phi) is 7.38. The van der Waals surface area contributed by atoms with Crippen LogP contribution in [-0.2, 0) is 17.8 Å². The van der Waals surface area contributed by atoms with E-state index in [1.54, 1.807) is 12.1 Å². The number of benzene rings is 3. The zero-order chi connectivity index (χ0) is 23.9. The van der Waals surface area contributed by atoms with Crippen molar-refractivity contribution in [3.8, 4) is 0 Å². The topological polar surface area (TPSA) is 67.2 Å². The summed E-state index contributed by atoms with van der Waals surface area (Å²) >= 11 is 0. The van der Waals surface area contributed by atoms with E-state index in [4.69, 9.17) is 4.98 Å². The molecule has 0 aliphatic carbocycles. The van der Waals surface area contributed by atoms with Crippen LogP contribution >= 0.6 is 0 Å². The molecule has 0 aliphatic rings. The smallest absolute Gasteiger partial charge is 0.251 e. The van der Waals surface area contributed by atoms with Crippen molar-refractivity contribution in [1.29, 1.82) is 0 Å². The molecule has 0 saturated carbocycles. The minimum atomic E-state index is -0.0836. The summed E-state index contributed by atoms with van der Waals surface area (Å²) in [7, 11) is 0. The molecule has 1 aromatic heterocycles. The van der Waals surface area contributed by atoms with Gasteiger partial charge in [0, 0.05) is 30.3 Å². The number of fused-ring (bicyclic) bond motifs is 1. The number of nitrogens with zero attached hydrogens (tertiary/aromatic N) is 3. The van der Waals surface area contributed by atoms with Gasteiger partial charge in [0.15, 0.2) is 0 Å². The van der Waals surface area contributed by atoms with Gasteiger partial charge in [-0.15, -0.1) is 0 Å². The molecule has 34 heavy (non-hydrogen) atoms. The number of amides is 2. The van der Waals surface area contributed by atoms with Crippen LogP contribution in [0.1, 0.15) is 36.5 Å². The number of rotatable bonds is 9. The highest BCUT2D eigenvalue weighted by atomic mass is 16.2. The van der Waals surface area contributed by atoms with Gasteiger partial charge in [-0.3, -0.25) is 9.59 Å². The van der Waals surface area contributed by atoms with Crippen LogP contribution in [0.4, 0.5) is 5.69 Å². The number of carbonyl (C=O) groups is 2. The Morgan fingerprint density at radius 1 is 0.912 bits per heavy atom. The van der Waals surface area contributed by atoms with Crippen molar-refractivity contribution in [2.45, 2.75) is 39.3 Å². The number of aromatic nitrogens is 2. The number of hydrogen-bond donors (Lipinski definition) is 1. The normalized spacial score (nSPS) is 11.0. The number of para-hydroxylation sites is 3. The summed E-state index contributed by atoms with van der Waals surface area (Å²) in [4.78, 5) is 32.4. The van der Waals surface area contributed by atoms with Crippen LogP contribution in [0.15, 0.2) is 84.9 Å². The average Bonchev–Trinajstić information content (AvgIpc) is 3.20. The van der Waals surface area contributed by atoms with Gasteiger partial charge in [0.25, 0.3) is 5.91 Å². The van der Waals surface area contributed by atoms with Crippen LogP contribution in [-0.4, -0.2) is 34.0 Å². The summed E-state index contributed by atoms with van der Waals surface area (Å²) in [5.41, 5.74) is 3.34. The van der Waals surface area contributed by atoms with E-state index in [9.17, 15) is 9.59 Å². The lowest BCUT2D eigenvalue weighted by atomic mass is 10.2. The predicted molar refractivity (Wildman–Crippen MR) is 136 cm³/mol. The van der Waals surface area contributed by atoms with E-state index in [0.29, 0.717) is 18.5 Å². The summed E-state index contributed by atoms with van der Waals surface area (Å²) in [6.45, 7) is 4.78. The van der Waals surface area contributed by atoms with Crippen LogP contribution in [0.5, 0.6) is 0 Å². The van der Waals surface area contributed by atoms with Crippen molar-refractivity contribution in [3.63, 3.8) is 0 Å². The third-order valence-electron chi connectivity index (χ3n) is 5.75. The summed E-state index contributed by atoms with van der Waals surface area (Å²) in [5.74, 6) is 0.781. The lowest BCUT2D eigenvalue weighted by molar-refractivity contribution is -0.119.